The number of halogens is 3. The Labute approximate surface area is 159 Å². The third-order valence-electron chi connectivity index (χ3n) is 3.69. The second-order valence-corrected chi connectivity index (χ2v) is 7.51. The van der Waals surface area contributed by atoms with E-state index in [0.29, 0.717) is 5.76 Å². The van der Waals surface area contributed by atoms with Crippen molar-refractivity contribution in [2.45, 2.75) is 17.6 Å². The summed E-state index contributed by atoms with van der Waals surface area (Å²) in [6.07, 6.45) is -3.18. The van der Waals surface area contributed by atoms with Crippen molar-refractivity contribution in [2.24, 2.45) is 4.99 Å². The molecule has 3 rings (SSSR count). The number of hydrogen-bond donors (Lipinski definition) is 1. The summed E-state index contributed by atoms with van der Waals surface area (Å²) in [6, 6.07) is 15.6. The summed E-state index contributed by atoms with van der Waals surface area (Å²) in [5, 5.41) is 0. The molecule has 1 N–H and O–H groups in total. The topological polar surface area (TPSA) is 71.7 Å². The Balaban J connectivity index is 1.65. The van der Waals surface area contributed by atoms with Gasteiger partial charge in [-0.05, 0) is 42.5 Å². The normalized spacial score (nSPS) is 12.5. The summed E-state index contributed by atoms with van der Waals surface area (Å²) < 4.78 is 70.3. The fraction of sp³-hybridized carbons (Fsp3) is 0.105. The molecule has 2 aromatic carbocycles. The number of aliphatic imine (C=N–C) groups is 1. The van der Waals surface area contributed by atoms with Gasteiger partial charge in [0.1, 0.15) is 11.5 Å². The predicted molar refractivity (Wildman–Crippen MR) is 97.9 cm³/mol. The summed E-state index contributed by atoms with van der Waals surface area (Å²) in [6.45, 7) is -0.0748. The van der Waals surface area contributed by atoms with Crippen molar-refractivity contribution < 1.29 is 26.0 Å². The van der Waals surface area contributed by atoms with Crippen LogP contribution in [0.15, 0.2) is 81.0 Å². The van der Waals surface area contributed by atoms with Gasteiger partial charge in [-0.2, -0.15) is 13.2 Å². The standard InChI is InChI=1S/C19H15F3N2O3S/c20-19(21,22)14-5-4-6-15(11-14)23-12-16-9-10-17(27-16)13-24-28(25,26)18-7-2-1-3-8-18/h1-12,24H,13H2. The van der Waals surface area contributed by atoms with Crippen LogP contribution in [-0.4, -0.2) is 14.6 Å². The minimum absolute atomic E-state index is 0.0748. The number of hydrogen-bond acceptors (Lipinski definition) is 4. The molecule has 3 aromatic rings. The van der Waals surface area contributed by atoms with Gasteiger partial charge in [0.15, 0.2) is 0 Å². The van der Waals surface area contributed by atoms with Crippen molar-refractivity contribution in [2.75, 3.05) is 0 Å². The fourth-order valence-electron chi connectivity index (χ4n) is 2.31. The molecule has 0 spiro atoms. The Kier molecular flexibility index (Phi) is 5.66. The number of benzene rings is 2. The lowest BCUT2D eigenvalue weighted by Crippen LogP contribution is -2.22. The third-order valence-corrected chi connectivity index (χ3v) is 5.10. The lowest BCUT2D eigenvalue weighted by Gasteiger charge is -2.06. The molecule has 0 atom stereocenters. The highest BCUT2D eigenvalue weighted by Gasteiger charge is 2.30. The second-order valence-electron chi connectivity index (χ2n) is 5.75. The molecule has 0 aliphatic heterocycles. The number of alkyl halides is 3. The van der Waals surface area contributed by atoms with Crippen LogP contribution < -0.4 is 4.72 Å². The van der Waals surface area contributed by atoms with Gasteiger partial charge in [-0.3, -0.25) is 4.99 Å². The molecule has 0 bridgehead atoms. The van der Waals surface area contributed by atoms with Crippen LogP contribution in [-0.2, 0) is 22.7 Å². The number of sulfonamides is 1. The van der Waals surface area contributed by atoms with Gasteiger partial charge in [-0.25, -0.2) is 13.1 Å². The first-order chi connectivity index (χ1) is 13.2. The molecule has 1 aromatic heterocycles. The third kappa shape index (κ3) is 5.08. The smallest absolute Gasteiger partial charge is 0.416 e. The molecule has 0 aliphatic rings. The first kappa shape index (κ1) is 19.8. The zero-order valence-electron chi connectivity index (χ0n) is 14.3. The van der Waals surface area contributed by atoms with Crippen LogP contribution in [0.5, 0.6) is 0 Å². The van der Waals surface area contributed by atoms with Crippen LogP contribution in [0.25, 0.3) is 0 Å². The summed E-state index contributed by atoms with van der Waals surface area (Å²) in [7, 11) is -3.67. The molecule has 0 saturated carbocycles. The average Bonchev–Trinajstić information content (AvgIpc) is 3.13. The van der Waals surface area contributed by atoms with Crippen molar-refractivity contribution in [1.29, 1.82) is 0 Å². The lowest BCUT2D eigenvalue weighted by atomic mass is 10.2. The van der Waals surface area contributed by atoms with Gasteiger partial charge in [0.05, 0.1) is 28.9 Å². The molecule has 0 unspecified atom stereocenters. The van der Waals surface area contributed by atoms with E-state index < -0.39 is 21.8 Å². The number of nitrogens with zero attached hydrogens (tertiary/aromatic N) is 1. The van der Waals surface area contributed by atoms with E-state index in [0.717, 1.165) is 12.1 Å². The van der Waals surface area contributed by atoms with Crippen LogP contribution in [0.3, 0.4) is 0 Å². The first-order valence-corrected chi connectivity index (χ1v) is 9.57. The van der Waals surface area contributed by atoms with Crippen molar-refractivity contribution in [3.05, 3.63) is 83.8 Å². The maximum absolute atomic E-state index is 12.7. The highest BCUT2D eigenvalue weighted by Crippen LogP contribution is 2.31. The second kappa shape index (κ2) is 7.99. The van der Waals surface area contributed by atoms with Gasteiger partial charge in [-0.1, -0.05) is 24.3 Å². The molecule has 0 radical (unpaired) electrons. The van der Waals surface area contributed by atoms with Gasteiger partial charge in [0.2, 0.25) is 10.0 Å². The Morgan fingerprint density at radius 2 is 1.75 bits per heavy atom. The van der Waals surface area contributed by atoms with E-state index in [4.69, 9.17) is 4.42 Å². The first-order valence-electron chi connectivity index (χ1n) is 8.09. The molecule has 0 amide bonds. The highest BCUT2D eigenvalue weighted by molar-refractivity contribution is 7.89. The molecule has 0 aliphatic carbocycles. The zero-order chi connectivity index (χ0) is 20.2. The van der Waals surface area contributed by atoms with Gasteiger partial charge in [-0.15, -0.1) is 0 Å². The largest absolute Gasteiger partial charge is 0.459 e. The van der Waals surface area contributed by atoms with Crippen LogP contribution >= 0.6 is 0 Å². The predicted octanol–water partition coefficient (Wildman–Crippen LogP) is 4.53. The Morgan fingerprint density at radius 3 is 2.46 bits per heavy atom. The van der Waals surface area contributed by atoms with E-state index in [9.17, 15) is 21.6 Å². The van der Waals surface area contributed by atoms with Crippen LogP contribution in [0.1, 0.15) is 17.1 Å². The monoisotopic (exact) mass is 408 g/mol. The summed E-state index contributed by atoms with van der Waals surface area (Å²) in [4.78, 5) is 4.10. The highest BCUT2D eigenvalue weighted by atomic mass is 32.2. The summed E-state index contributed by atoms with van der Waals surface area (Å²) >= 11 is 0. The summed E-state index contributed by atoms with van der Waals surface area (Å²) in [5.74, 6) is 0.622. The van der Waals surface area contributed by atoms with Crippen molar-refractivity contribution in [1.82, 2.24) is 4.72 Å². The van der Waals surface area contributed by atoms with E-state index in [1.807, 2.05) is 0 Å². The molecule has 9 heteroatoms. The molecule has 0 fully saturated rings. The number of rotatable bonds is 6. The van der Waals surface area contributed by atoms with E-state index >= 15 is 0 Å². The molecule has 146 valence electrons. The SMILES string of the molecule is O=S(=O)(NCc1ccc(C=Nc2cccc(C(F)(F)F)c2)o1)c1ccccc1. The van der Waals surface area contributed by atoms with Crippen LogP contribution in [0, 0.1) is 0 Å². The van der Waals surface area contributed by atoms with E-state index in [2.05, 4.69) is 9.71 Å². The van der Waals surface area contributed by atoms with Crippen molar-refractivity contribution >= 4 is 21.9 Å². The molecule has 1 heterocycles. The molecule has 28 heavy (non-hydrogen) atoms. The lowest BCUT2D eigenvalue weighted by molar-refractivity contribution is -0.137. The molecule has 5 nitrogen and oxygen atoms in total. The van der Waals surface area contributed by atoms with E-state index in [1.54, 1.807) is 30.3 Å². The molecule has 0 saturated heterocycles. The maximum atomic E-state index is 12.7. The van der Waals surface area contributed by atoms with E-state index in [1.165, 1.54) is 30.5 Å². The molecular weight excluding hydrogens is 393 g/mol. The maximum Gasteiger partial charge on any atom is 0.416 e. The summed E-state index contributed by atoms with van der Waals surface area (Å²) in [5.41, 5.74) is -0.671. The Bertz CT molecular complexity index is 1080. The minimum atomic E-state index is -4.45. The minimum Gasteiger partial charge on any atom is -0.459 e. The van der Waals surface area contributed by atoms with Gasteiger partial charge in [0.25, 0.3) is 0 Å². The molecular formula is C19H15F3N2O3S. The van der Waals surface area contributed by atoms with Crippen LogP contribution in [0.4, 0.5) is 18.9 Å². The van der Waals surface area contributed by atoms with Gasteiger partial charge in [0, 0.05) is 0 Å². The van der Waals surface area contributed by atoms with E-state index in [-0.39, 0.29) is 22.9 Å². The number of furan rings is 1. The van der Waals surface area contributed by atoms with Crippen molar-refractivity contribution in [3.8, 4) is 0 Å². The van der Waals surface area contributed by atoms with Crippen molar-refractivity contribution in [3.63, 3.8) is 0 Å². The number of nitrogens with one attached hydrogen (secondary N) is 1. The van der Waals surface area contributed by atoms with Gasteiger partial charge < -0.3 is 4.42 Å². The Hall–Kier alpha value is -2.91. The van der Waals surface area contributed by atoms with Crippen LogP contribution in [0.2, 0.25) is 0 Å². The Morgan fingerprint density at radius 1 is 1.00 bits per heavy atom. The average molecular weight is 408 g/mol. The fourth-order valence-corrected chi connectivity index (χ4v) is 3.32. The quantitative estimate of drug-likeness (QED) is 0.610. The van der Waals surface area contributed by atoms with Gasteiger partial charge >= 0.3 is 6.18 Å². The zero-order valence-corrected chi connectivity index (χ0v) is 15.2.